The van der Waals surface area contributed by atoms with Crippen LogP contribution in [0.2, 0.25) is 0 Å². The molecule has 0 saturated carbocycles. The van der Waals surface area contributed by atoms with E-state index in [0.717, 1.165) is 5.57 Å². The van der Waals surface area contributed by atoms with Crippen LogP contribution in [-0.4, -0.2) is 12.6 Å². The first-order chi connectivity index (χ1) is 12.1. The molecule has 2 aromatic rings. The molecule has 0 spiro atoms. The summed E-state index contributed by atoms with van der Waals surface area (Å²) < 4.78 is 5.14. The third-order valence-electron chi connectivity index (χ3n) is 4.94. The van der Waals surface area contributed by atoms with Gasteiger partial charge in [0, 0.05) is 12.0 Å². The first-order valence-corrected chi connectivity index (χ1v) is 8.83. The van der Waals surface area contributed by atoms with Crippen LogP contribution in [0.25, 0.3) is 5.57 Å². The average Bonchev–Trinajstić information content (AvgIpc) is 2.88. The van der Waals surface area contributed by atoms with E-state index in [1.807, 2.05) is 19.1 Å². The zero-order valence-corrected chi connectivity index (χ0v) is 15.0. The second-order valence-corrected chi connectivity index (χ2v) is 6.43. The van der Waals surface area contributed by atoms with E-state index in [1.165, 1.54) is 22.3 Å². The highest BCUT2D eigenvalue weighted by atomic mass is 16.5. The Labute approximate surface area is 149 Å². The van der Waals surface area contributed by atoms with E-state index in [2.05, 4.69) is 62.4 Å². The van der Waals surface area contributed by atoms with Gasteiger partial charge in [-0.15, -0.1) is 0 Å². The summed E-state index contributed by atoms with van der Waals surface area (Å²) in [4.78, 5) is 12.1. The Hall–Kier alpha value is -2.61. The molecule has 0 heterocycles. The van der Waals surface area contributed by atoms with Crippen LogP contribution in [0.15, 0.2) is 77.9 Å². The molecule has 2 atom stereocenters. The molecule has 2 nitrogen and oxygen atoms in total. The lowest BCUT2D eigenvalue weighted by Crippen LogP contribution is -2.09. The standard InChI is InChI=1S/C23H24O2/c1-4-25-21(24)15-20-16(2)22(18-11-7-5-8-12-18)23(17(20)3)19-13-9-6-10-14-19/h5-16,22H,4H2,1-3H3/b20-15+/t16-,22-/m1/s1. The van der Waals surface area contributed by atoms with Crippen molar-refractivity contribution in [2.24, 2.45) is 5.92 Å². The minimum Gasteiger partial charge on any atom is -0.463 e. The van der Waals surface area contributed by atoms with Gasteiger partial charge in [-0.1, -0.05) is 67.6 Å². The first kappa shape index (κ1) is 17.2. The summed E-state index contributed by atoms with van der Waals surface area (Å²) in [5.41, 5.74) is 6.05. The number of carbonyl (C=O) groups is 1. The zero-order valence-electron chi connectivity index (χ0n) is 15.0. The van der Waals surface area contributed by atoms with Crippen LogP contribution in [0, 0.1) is 5.92 Å². The molecule has 0 radical (unpaired) electrons. The smallest absolute Gasteiger partial charge is 0.331 e. The first-order valence-electron chi connectivity index (χ1n) is 8.83. The quantitative estimate of drug-likeness (QED) is 0.555. The number of rotatable bonds is 4. The molecule has 3 rings (SSSR count). The van der Waals surface area contributed by atoms with Gasteiger partial charge in [0.05, 0.1) is 6.61 Å². The van der Waals surface area contributed by atoms with Gasteiger partial charge in [-0.2, -0.15) is 0 Å². The Balaban J connectivity index is 2.13. The minimum absolute atomic E-state index is 0.224. The zero-order chi connectivity index (χ0) is 17.8. The molecule has 2 aromatic carbocycles. The van der Waals surface area contributed by atoms with E-state index in [-0.39, 0.29) is 17.8 Å². The van der Waals surface area contributed by atoms with Gasteiger partial charge in [-0.05, 0) is 47.6 Å². The fraction of sp³-hybridized carbons (Fsp3) is 0.261. The molecule has 0 bridgehead atoms. The van der Waals surface area contributed by atoms with Crippen molar-refractivity contribution in [3.63, 3.8) is 0 Å². The SMILES string of the molecule is CCOC(=O)/C=C1/C(C)=C(c2ccccc2)[C@@H](c2ccccc2)[C@@H]1C. The molecule has 0 aliphatic heterocycles. The Bertz CT molecular complexity index is 801. The Morgan fingerprint density at radius 1 is 1.04 bits per heavy atom. The summed E-state index contributed by atoms with van der Waals surface area (Å²) in [5, 5.41) is 0. The molecule has 1 aliphatic carbocycles. The Morgan fingerprint density at radius 3 is 2.24 bits per heavy atom. The van der Waals surface area contributed by atoms with Crippen molar-refractivity contribution in [1.29, 1.82) is 0 Å². The van der Waals surface area contributed by atoms with E-state index in [0.29, 0.717) is 6.61 Å². The van der Waals surface area contributed by atoms with Crippen LogP contribution in [0.3, 0.4) is 0 Å². The van der Waals surface area contributed by atoms with Crippen molar-refractivity contribution < 1.29 is 9.53 Å². The van der Waals surface area contributed by atoms with Gasteiger partial charge >= 0.3 is 5.97 Å². The predicted octanol–water partition coefficient (Wildman–Crippen LogP) is 5.38. The number of esters is 1. The maximum Gasteiger partial charge on any atom is 0.331 e. The van der Waals surface area contributed by atoms with Gasteiger partial charge in [0.15, 0.2) is 0 Å². The largest absolute Gasteiger partial charge is 0.463 e. The number of benzene rings is 2. The van der Waals surface area contributed by atoms with Crippen LogP contribution in [0.1, 0.15) is 37.8 Å². The van der Waals surface area contributed by atoms with Crippen molar-refractivity contribution in [1.82, 2.24) is 0 Å². The summed E-state index contributed by atoms with van der Waals surface area (Å²) >= 11 is 0. The molecule has 0 N–H and O–H groups in total. The monoisotopic (exact) mass is 332 g/mol. The summed E-state index contributed by atoms with van der Waals surface area (Å²) in [7, 11) is 0. The van der Waals surface area contributed by atoms with Gasteiger partial charge in [0.25, 0.3) is 0 Å². The van der Waals surface area contributed by atoms with E-state index in [4.69, 9.17) is 4.74 Å². The molecule has 2 heteroatoms. The lowest BCUT2D eigenvalue weighted by atomic mass is 9.82. The molecular formula is C23H24O2. The minimum atomic E-state index is -0.259. The molecule has 1 aliphatic rings. The molecule has 128 valence electrons. The van der Waals surface area contributed by atoms with Gasteiger partial charge in [-0.3, -0.25) is 0 Å². The molecule has 25 heavy (non-hydrogen) atoms. The number of carbonyl (C=O) groups excluding carboxylic acids is 1. The van der Waals surface area contributed by atoms with Crippen LogP contribution in [-0.2, 0) is 9.53 Å². The molecular weight excluding hydrogens is 308 g/mol. The summed E-state index contributed by atoms with van der Waals surface area (Å²) in [6.45, 7) is 6.54. The molecule has 0 saturated heterocycles. The normalized spacial score (nSPS) is 21.6. The van der Waals surface area contributed by atoms with Gasteiger partial charge in [-0.25, -0.2) is 4.79 Å². The van der Waals surface area contributed by atoms with Gasteiger partial charge in [0.2, 0.25) is 0 Å². The van der Waals surface area contributed by atoms with Crippen molar-refractivity contribution in [3.05, 3.63) is 89.0 Å². The molecule has 0 fully saturated rings. The van der Waals surface area contributed by atoms with Crippen LogP contribution in [0.4, 0.5) is 0 Å². The third kappa shape index (κ3) is 3.43. The van der Waals surface area contributed by atoms with Gasteiger partial charge in [0.1, 0.15) is 0 Å². The van der Waals surface area contributed by atoms with Crippen molar-refractivity contribution in [2.75, 3.05) is 6.61 Å². The second kappa shape index (κ2) is 7.52. The van der Waals surface area contributed by atoms with E-state index in [9.17, 15) is 4.79 Å². The Morgan fingerprint density at radius 2 is 1.64 bits per heavy atom. The predicted molar refractivity (Wildman–Crippen MR) is 102 cm³/mol. The fourth-order valence-corrected chi connectivity index (χ4v) is 3.84. The number of allylic oxidation sites excluding steroid dienone is 3. The van der Waals surface area contributed by atoms with Crippen molar-refractivity contribution in [2.45, 2.75) is 26.7 Å². The van der Waals surface area contributed by atoms with E-state index >= 15 is 0 Å². The fourth-order valence-electron chi connectivity index (χ4n) is 3.84. The topological polar surface area (TPSA) is 26.3 Å². The molecule has 0 amide bonds. The summed E-state index contributed by atoms with van der Waals surface area (Å²) in [6.07, 6.45) is 1.68. The third-order valence-corrected chi connectivity index (χ3v) is 4.94. The highest BCUT2D eigenvalue weighted by Gasteiger charge is 2.36. The van der Waals surface area contributed by atoms with Crippen LogP contribution in [0.5, 0.6) is 0 Å². The summed E-state index contributed by atoms with van der Waals surface area (Å²) in [6, 6.07) is 21.0. The summed E-state index contributed by atoms with van der Waals surface area (Å²) in [5.74, 6) is 0.205. The second-order valence-electron chi connectivity index (χ2n) is 6.43. The van der Waals surface area contributed by atoms with Crippen molar-refractivity contribution in [3.8, 4) is 0 Å². The molecule has 0 unspecified atom stereocenters. The molecule has 0 aromatic heterocycles. The maximum atomic E-state index is 12.1. The van der Waals surface area contributed by atoms with E-state index in [1.54, 1.807) is 6.08 Å². The van der Waals surface area contributed by atoms with Crippen molar-refractivity contribution >= 4 is 11.5 Å². The lowest BCUT2D eigenvalue weighted by molar-refractivity contribution is -0.137. The number of hydrogen-bond acceptors (Lipinski definition) is 2. The highest BCUT2D eigenvalue weighted by Crippen LogP contribution is 2.51. The van der Waals surface area contributed by atoms with Crippen LogP contribution >= 0.6 is 0 Å². The van der Waals surface area contributed by atoms with E-state index < -0.39 is 0 Å². The number of ether oxygens (including phenoxy) is 1. The van der Waals surface area contributed by atoms with Gasteiger partial charge < -0.3 is 4.74 Å². The lowest BCUT2D eigenvalue weighted by Gasteiger charge is -2.21. The maximum absolute atomic E-state index is 12.1. The highest BCUT2D eigenvalue weighted by molar-refractivity contribution is 5.89. The average molecular weight is 332 g/mol. The van der Waals surface area contributed by atoms with Crippen LogP contribution < -0.4 is 0 Å². The Kier molecular flexibility index (Phi) is 5.18. The number of hydrogen-bond donors (Lipinski definition) is 0.